The van der Waals surface area contributed by atoms with Gasteiger partial charge in [-0.05, 0) is 33.6 Å². The number of halogens is 1. The van der Waals surface area contributed by atoms with E-state index in [-0.39, 0.29) is 6.61 Å². The van der Waals surface area contributed by atoms with E-state index in [1.165, 1.54) is 0 Å². The maximum Gasteiger partial charge on any atom is 0.174 e. The van der Waals surface area contributed by atoms with Crippen molar-refractivity contribution in [3.63, 3.8) is 0 Å². The molecular formula is C9H11BrO3. The minimum Gasteiger partial charge on any atom is -0.493 e. The molecule has 1 N–H and O–H groups in total. The summed E-state index contributed by atoms with van der Waals surface area (Å²) in [4.78, 5) is 0. The Morgan fingerprint density at radius 1 is 1.31 bits per heavy atom. The summed E-state index contributed by atoms with van der Waals surface area (Å²) in [6.45, 7) is -0.0149. The summed E-state index contributed by atoms with van der Waals surface area (Å²) in [5.74, 6) is 1.25. The quantitative estimate of drug-likeness (QED) is 0.887. The molecule has 0 bridgehead atoms. The number of aliphatic hydroxyl groups excluding tert-OH is 1. The molecule has 0 aromatic heterocycles. The predicted molar refractivity (Wildman–Crippen MR) is 53.2 cm³/mol. The van der Waals surface area contributed by atoms with E-state index < -0.39 is 0 Å². The van der Waals surface area contributed by atoms with E-state index >= 15 is 0 Å². The molecule has 0 aliphatic carbocycles. The molecule has 13 heavy (non-hydrogen) atoms. The predicted octanol–water partition coefficient (Wildman–Crippen LogP) is 1.96. The van der Waals surface area contributed by atoms with Crippen molar-refractivity contribution in [2.45, 2.75) is 6.61 Å². The van der Waals surface area contributed by atoms with Gasteiger partial charge in [0.25, 0.3) is 0 Å². The van der Waals surface area contributed by atoms with Gasteiger partial charge in [0.05, 0.1) is 25.3 Å². The van der Waals surface area contributed by atoms with E-state index in [4.69, 9.17) is 14.6 Å². The molecule has 1 rings (SSSR count). The molecule has 0 spiro atoms. The van der Waals surface area contributed by atoms with Crippen LogP contribution in [0.4, 0.5) is 0 Å². The van der Waals surface area contributed by atoms with E-state index in [9.17, 15) is 0 Å². The van der Waals surface area contributed by atoms with Crippen molar-refractivity contribution in [2.75, 3.05) is 14.2 Å². The molecule has 3 nitrogen and oxygen atoms in total. The average Bonchev–Trinajstić information content (AvgIpc) is 2.16. The molecule has 4 heteroatoms. The van der Waals surface area contributed by atoms with Crippen molar-refractivity contribution >= 4 is 15.9 Å². The number of ether oxygens (including phenoxy) is 2. The highest BCUT2D eigenvalue weighted by atomic mass is 79.9. The molecule has 0 unspecified atom stereocenters. The molecule has 0 aliphatic heterocycles. The lowest BCUT2D eigenvalue weighted by Gasteiger charge is -2.10. The Morgan fingerprint density at radius 2 is 2.00 bits per heavy atom. The monoisotopic (exact) mass is 246 g/mol. The SMILES string of the molecule is COc1cc(CO)cc(Br)c1OC. The van der Waals surface area contributed by atoms with E-state index in [1.54, 1.807) is 26.4 Å². The molecule has 1 aromatic carbocycles. The Balaban J connectivity index is 3.20. The number of hydrogen-bond acceptors (Lipinski definition) is 3. The zero-order chi connectivity index (χ0) is 9.84. The van der Waals surface area contributed by atoms with Crippen LogP contribution in [-0.4, -0.2) is 19.3 Å². The van der Waals surface area contributed by atoms with Crippen molar-refractivity contribution in [3.05, 3.63) is 22.2 Å². The van der Waals surface area contributed by atoms with Gasteiger partial charge in [0.2, 0.25) is 0 Å². The van der Waals surface area contributed by atoms with Gasteiger partial charge in [-0.2, -0.15) is 0 Å². The van der Waals surface area contributed by atoms with Gasteiger partial charge in [0.15, 0.2) is 11.5 Å². The fourth-order valence-corrected chi connectivity index (χ4v) is 1.71. The topological polar surface area (TPSA) is 38.7 Å². The minimum absolute atomic E-state index is 0.0149. The Labute approximate surface area is 85.4 Å². The summed E-state index contributed by atoms with van der Waals surface area (Å²) in [6.07, 6.45) is 0. The highest BCUT2D eigenvalue weighted by Gasteiger charge is 2.09. The summed E-state index contributed by atoms with van der Waals surface area (Å²) in [6, 6.07) is 3.53. The average molecular weight is 247 g/mol. The zero-order valence-corrected chi connectivity index (χ0v) is 9.09. The van der Waals surface area contributed by atoms with Crippen LogP contribution in [0.15, 0.2) is 16.6 Å². The number of benzene rings is 1. The van der Waals surface area contributed by atoms with Gasteiger partial charge in [0.1, 0.15) is 0 Å². The second kappa shape index (κ2) is 4.48. The van der Waals surface area contributed by atoms with Crippen molar-refractivity contribution in [2.24, 2.45) is 0 Å². The van der Waals surface area contributed by atoms with Gasteiger partial charge >= 0.3 is 0 Å². The van der Waals surface area contributed by atoms with Crippen molar-refractivity contribution in [1.82, 2.24) is 0 Å². The minimum atomic E-state index is -0.0149. The first-order valence-corrected chi connectivity index (χ1v) is 4.53. The third-order valence-electron chi connectivity index (χ3n) is 1.68. The maximum atomic E-state index is 8.93. The van der Waals surface area contributed by atoms with Crippen molar-refractivity contribution in [1.29, 1.82) is 0 Å². The third kappa shape index (κ3) is 2.14. The lowest BCUT2D eigenvalue weighted by atomic mass is 10.2. The Bertz CT molecular complexity index is 299. The lowest BCUT2D eigenvalue weighted by molar-refractivity contribution is 0.280. The normalized spacial score (nSPS) is 9.85. The van der Waals surface area contributed by atoms with Crippen LogP contribution in [0.3, 0.4) is 0 Å². The standard InChI is InChI=1S/C9H11BrO3/c1-12-8-4-6(5-11)3-7(10)9(8)13-2/h3-4,11H,5H2,1-2H3. The van der Waals surface area contributed by atoms with E-state index in [0.29, 0.717) is 11.5 Å². The third-order valence-corrected chi connectivity index (χ3v) is 2.26. The van der Waals surface area contributed by atoms with Crippen molar-refractivity contribution < 1.29 is 14.6 Å². The summed E-state index contributed by atoms with van der Waals surface area (Å²) in [5, 5.41) is 8.93. The lowest BCUT2D eigenvalue weighted by Crippen LogP contribution is -1.94. The van der Waals surface area contributed by atoms with Gasteiger partial charge in [0, 0.05) is 0 Å². The van der Waals surface area contributed by atoms with Crippen LogP contribution in [0, 0.1) is 0 Å². The van der Waals surface area contributed by atoms with E-state index in [1.807, 2.05) is 0 Å². The van der Waals surface area contributed by atoms with Gasteiger partial charge in [-0.15, -0.1) is 0 Å². The van der Waals surface area contributed by atoms with Crippen LogP contribution in [0.5, 0.6) is 11.5 Å². The molecule has 0 radical (unpaired) electrons. The van der Waals surface area contributed by atoms with E-state index in [2.05, 4.69) is 15.9 Å². The van der Waals surface area contributed by atoms with E-state index in [0.717, 1.165) is 10.0 Å². The first kappa shape index (κ1) is 10.3. The summed E-state index contributed by atoms with van der Waals surface area (Å²) in [5.41, 5.74) is 0.782. The second-order valence-corrected chi connectivity index (χ2v) is 3.33. The fraction of sp³-hybridized carbons (Fsp3) is 0.333. The largest absolute Gasteiger partial charge is 0.493 e. The van der Waals surface area contributed by atoms with Crippen molar-refractivity contribution in [3.8, 4) is 11.5 Å². The number of rotatable bonds is 3. The van der Waals surface area contributed by atoms with Crippen LogP contribution in [0.25, 0.3) is 0 Å². The van der Waals surface area contributed by atoms with Gasteiger partial charge in [-0.25, -0.2) is 0 Å². The number of hydrogen-bond donors (Lipinski definition) is 1. The highest BCUT2D eigenvalue weighted by Crippen LogP contribution is 2.36. The van der Waals surface area contributed by atoms with Gasteiger partial charge < -0.3 is 14.6 Å². The first-order valence-electron chi connectivity index (χ1n) is 3.74. The molecule has 1 aromatic rings. The van der Waals surface area contributed by atoms with Crippen LogP contribution in [0.1, 0.15) is 5.56 Å². The summed E-state index contributed by atoms with van der Waals surface area (Å²) < 4.78 is 11.0. The second-order valence-electron chi connectivity index (χ2n) is 2.47. The number of aliphatic hydroxyl groups is 1. The molecule has 0 atom stereocenters. The van der Waals surface area contributed by atoms with Gasteiger partial charge in [-0.1, -0.05) is 0 Å². The highest BCUT2D eigenvalue weighted by molar-refractivity contribution is 9.10. The van der Waals surface area contributed by atoms with Crippen LogP contribution in [0.2, 0.25) is 0 Å². The van der Waals surface area contributed by atoms with Gasteiger partial charge in [-0.3, -0.25) is 0 Å². The molecule has 0 saturated heterocycles. The Hall–Kier alpha value is -0.740. The molecule has 0 saturated carbocycles. The molecule has 72 valence electrons. The van der Waals surface area contributed by atoms with Crippen LogP contribution < -0.4 is 9.47 Å². The Morgan fingerprint density at radius 3 is 2.46 bits per heavy atom. The maximum absolute atomic E-state index is 8.93. The zero-order valence-electron chi connectivity index (χ0n) is 7.50. The van der Waals surface area contributed by atoms with Crippen LogP contribution in [-0.2, 0) is 6.61 Å². The van der Waals surface area contributed by atoms with Crippen LogP contribution >= 0.6 is 15.9 Å². The molecule has 0 aliphatic rings. The molecule has 0 heterocycles. The Kier molecular flexibility index (Phi) is 3.57. The number of methoxy groups -OCH3 is 2. The molecule has 0 fully saturated rings. The molecular weight excluding hydrogens is 236 g/mol. The fourth-order valence-electron chi connectivity index (χ4n) is 1.06. The first-order chi connectivity index (χ1) is 6.22. The smallest absolute Gasteiger partial charge is 0.174 e. The summed E-state index contributed by atoms with van der Waals surface area (Å²) >= 11 is 3.32. The summed E-state index contributed by atoms with van der Waals surface area (Å²) in [7, 11) is 3.13. The molecule has 0 amide bonds.